The van der Waals surface area contributed by atoms with Crippen molar-refractivity contribution < 1.29 is 18.8 Å². The van der Waals surface area contributed by atoms with Crippen LogP contribution in [-0.2, 0) is 0 Å². The van der Waals surface area contributed by atoms with Crippen LogP contribution in [0.15, 0.2) is 54.6 Å². The molecule has 0 bridgehead atoms. The van der Waals surface area contributed by atoms with Gasteiger partial charge in [0, 0.05) is 21.8 Å². The van der Waals surface area contributed by atoms with Gasteiger partial charge in [-0.15, -0.1) is 0 Å². The summed E-state index contributed by atoms with van der Waals surface area (Å²) in [7, 11) is 0. The van der Waals surface area contributed by atoms with Gasteiger partial charge in [-0.1, -0.05) is 35.9 Å². The molecule has 7 heteroatoms. The molecule has 28 heavy (non-hydrogen) atoms. The van der Waals surface area contributed by atoms with E-state index in [0.717, 1.165) is 6.07 Å². The zero-order valence-corrected chi connectivity index (χ0v) is 15.0. The zero-order valence-electron chi connectivity index (χ0n) is 14.3. The summed E-state index contributed by atoms with van der Waals surface area (Å²) in [4.78, 5) is 38.4. The summed E-state index contributed by atoms with van der Waals surface area (Å²) in [5, 5.41) is 2.65. The number of fused-ring (bicyclic) bond motifs is 2. The molecule has 1 amide bonds. The van der Waals surface area contributed by atoms with Crippen LogP contribution in [0, 0.1) is 5.82 Å². The van der Waals surface area contributed by atoms with Crippen molar-refractivity contribution in [3.05, 3.63) is 93.3 Å². The minimum Gasteiger partial charge on any atom is -0.398 e. The Morgan fingerprint density at radius 2 is 1.57 bits per heavy atom. The maximum absolute atomic E-state index is 14.1. The maximum atomic E-state index is 14.1. The van der Waals surface area contributed by atoms with E-state index in [9.17, 15) is 18.8 Å². The molecule has 3 aromatic rings. The first kappa shape index (κ1) is 17.9. The molecule has 0 spiro atoms. The van der Waals surface area contributed by atoms with Gasteiger partial charge >= 0.3 is 0 Å². The fraction of sp³-hybridized carbons (Fsp3) is 0. The molecule has 0 saturated carbocycles. The van der Waals surface area contributed by atoms with E-state index in [1.54, 1.807) is 18.2 Å². The second kappa shape index (κ2) is 6.58. The van der Waals surface area contributed by atoms with Gasteiger partial charge in [0.15, 0.2) is 11.6 Å². The fourth-order valence-corrected chi connectivity index (χ4v) is 3.37. The van der Waals surface area contributed by atoms with Crippen LogP contribution >= 0.6 is 11.6 Å². The van der Waals surface area contributed by atoms with Gasteiger partial charge in [-0.3, -0.25) is 14.4 Å². The average Bonchev–Trinajstić information content (AvgIpc) is 2.67. The van der Waals surface area contributed by atoms with E-state index in [-0.39, 0.29) is 44.2 Å². The van der Waals surface area contributed by atoms with Gasteiger partial charge in [-0.2, -0.15) is 0 Å². The second-order valence-corrected chi connectivity index (χ2v) is 6.67. The number of benzene rings is 3. The number of carbonyl (C=O) groups excluding carboxylic acids is 3. The first-order valence-electron chi connectivity index (χ1n) is 8.26. The third-order valence-electron chi connectivity index (χ3n) is 4.53. The quantitative estimate of drug-likeness (QED) is 0.501. The van der Waals surface area contributed by atoms with Crippen LogP contribution in [0.25, 0.3) is 0 Å². The van der Waals surface area contributed by atoms with Crippen molar-refractivity contribution in [2.24, 2.45) is 0 Å². The molecule has 3 aromatic carbocycles. The Labute approximate surface area is 163 Å². The van der Waals surface area contributed by atoms with Gasteiger partial charge in [0.25, 0.3) is 5.91 Å². The zero-order chi connectivity index (χ0) is 20.0. The number of rotatable bonds is 2. The van der Waals surface area contributed by atoms with Gasteiger partial charge in [0.2, 0.25) is 0 Å². The van der Waals surface area contributed by atoms with E-state index in [4.69, 9.17) is 17.3 Å². The first-order valence-corrected chi connectivity index (χ1v) is 8.63. The predicted molar refractivity (Wildman–Crippen MR) is 104 cm³/mol. The molecule has 0 unspecified atom stereocenters. The third-order valence-corrected chi connectivity index (χ3v) is 4.77. The number of nitrogens with two attached hydrogens (primary N) is 1. The number of anilines is 2. The normalized spacial score (nSPS) is 12.4. The highest BCUT2D eigenvalue weighted by Crippen LogP contribution is 2.35. The Morgan fingerprint density at radius 3 is 2.21 bits per heavy atom. The average molecular weight is 395 g/mol. The summed E-state index contributed by atoms with van der Waals surface area (Å²) < 4.78 is 14.1. The van der Waals surface area contributed by atoms with Gasteiger partial charge < -0.3 is 11.1 Å². The molecule has 4 rings (SSSR count). The van der Waals surface area contributed by atoms with E-state index in [2.05, 4.69) is 5.32 Å². The highest BCUT2D eigenvalue weighted by Gasteiger charge is 2.33. The van der Waals surface area contributed by atoms with Crippen LogP contribution in [0.4, 0.5) is 15.8 Å². The van der Waals surface area contributed by atoms with Crippen LogP contribution < -0.4 is 11.1 Å². The summed E-state index contributed by atoms with van der Waals surface area (Å²) in [6.45, 7) is 0. The molecule has 5 nitrogen and oxygen atoms in total. The molecule has 0 aliphatic heterocycles. The highest BCUT2D eigenvalue weighted by atomic mass is 35.5. The van der Waals surface area contributed by atoms with Crippen molar-refractivity contribution in [3.8, 4) is 0 Å². The van der Waals surface area contributed by atoms with E-state index in [0.29, 0.717) is 0 Å². The number of amides is 1. The number of nitrogen functional groups attached to an aromatic ring is 1. The number of hydrogen-bond donors (Lipinski definition) is 2. The SMILES string of the molecule is Nc1ccc(NC(=O)c2ccc(Cl)cc2F)c2c1C(=O)c1ccccc1C2=O. The summed E-state index contributed by atoms with van der Waals surface area (Å²) in [6.07, 6.45) is 0. The van der Waals surface area contributed by atoms with Crippen molar-refractivity contribution in [3.63, 3.8) is 0 Å². The molecular weight excluding hydrogens is 383 g/mol. The van der Waals surface area contributed by atoms with Crippen molar-refractivity contribution >= 4 is 40.4 Å². The largest absolute Gasteiger partial charge is 0.398 e. The topological polar surface area (TPSA) is 89.3 Å². The molecular formula is C21H12ClFN2O3. The molecule has 0 fully saturated rings. The van der Waals surface area contributed by atoms with E-state index in [1.165, 1.54) is 30.3 Å². The lowest BCUT2D eigenvalue weighted by Gasteiger charge is -2.21. The number of hydrogen-bond acceptors (Lipinski definition) is 4. The molecule has 1 aliphatic carbocycles. The lowest BCUT2D eigenvalue weighted by atomic mass is 9.82. The van der Waals surface area contributed by atoms with Crippen LogP contribution in [-0.4, -0.2) is 17.5 Å². The van der Waals surface area contributed by atoms with E-state index < -0.39 is 23.3 Å². The Morgan fingerprint density at radius 1 is 0.929 bits per heavy atom. The second-order valence-electron chi connectivity index (χ2n) is 6.23. The van der Waals surface area contributed by atoms with Crippen molar-refractivity contribution in [1.29, 1.82) is 0 Å². The summed E-state index contributed by atoms with van der Waals surface area (Å²) in [5.74, 6) is -2.43. The van der Waals surface area contributed by atoms with Crippen molar-refractivity contribution in [1.82, 2.24) is 0 Å². The minimum absolute atomic E-state index is 0.00794. The number of ketones is 2. The van der Waals surface area contributed by atoms with Crippen LogP contribution in [0.3, 0.4) is 0 Å². The minimum atomic E-state index is -0.804. The van der Waals surface area contributed by atoms with E-state index in [1.807, 2.05) is 0 Å². The lowest BCUT2D eigenvalue weighted by Crippen LogP contribution is -2.25. The third kappa shape index (κ3) is 2.75. The monoisotopic (exact) mass is 394 g/mol. The summed E-state index contributed by atoms with van der Waals surface area (Å²) in [6, 6.07) is 12.8. The molecule has 0 saturated heterocycles. The van der Waals surface area contributed by atoms with Gasteiger partial charge in [0.1, 0.15) is 5.82 Å². The molecule has 138 valence electrons. The summed E-state index contributed by atoms with van der Waals surface area (Å²) in [5.41, 5.74) is 6.39. The van der Waals surface area contributed by atoms with Crippen molar-refractivity contribution in [2.45, 2.75) is 0 Å². The van der Waals surface area contributed by atoms with Gasteiger partial charge in [-0.25, -0.2) is 4.39 Å². The van der Waals surface area contributed by atoms with Crippen LogP contribution in [0.5, 0.6) is 0 Å². The molecule has 0 atom stereocenters. The molecule has 0 heterocycles. The predicted octanol–water partition coefficient (Wildman–Crippen LogP) is 4.09. The van der Waals surface area contributed by atoms with Crippen LogP contribution in [0.1, 0.15) is 42.2 Å². The molecule has 3 N–H and O–H groups in total. The number of halogens is 2. The molecule has 0 radical (unpaired) electrons. The summed E-state index contributed by atoms with van der Waals surface area (Å²) >= 11 is 5.71. The number of carbonyl (C=O) groups is 3. The smallest absolute Gasteiger partial charge is 0.258 e. The van der Waals surface area contributed by atoms with Gasteiger partial charge in [-0.05, 0) is 30.3 Å². The first-order chi connectivity index (χ1) is 13.4. The molecule has 1 aliphatic rings. The fourth-order valence-electron chi connectivity index (χ4n) is 3.22. The lowest BCUT2D eigenvalue weighted by molar-refractivity contribution is 0.0979. The highest BCUT2D eigenvalue weighted by molar-refractivity contribution is 6.32. The van der Waals surface area contributed by atoms with Crippen LogP contribution in [0.2, 0.25) is 5.02 Å². The Hall–Kier alpha value is -3.51. The maximum Gasteiger partial charge on any atom is 0.258 e. The van der Waals surface area contributed by atoms with Gasteiger partial charge in [0.05, 0.1) is 22.4 Å². The molecule has 0 aromatic heterocycles. The number of nitrogens with one attached hydrogen (secondary N) is 1. The Kier molecular flexibility index (Phi) is 4.20. The standard InChI is InChI=1S/C21H12ClFN2O3/c22-10-5-6-13(14(23)9-10)21(28)25-16-8-7-15(24)17-18(16)20(27)12-4-2-1-3-11(12)19(17)26/h1-9H,24H2,(H,25,28). The Bertz CT molecular complexity index is 1190. The van der Waals surface area contributed by atoms with E-state index >= 15 is 0 Å². The Balaban J connectivity index is 1.81. The van der Waals surface area contributed by atoms with Crippen molar-refractivity contribution in [2.75, 3.05) is 11.1 Å².